The SMILES string of the molecule is C=C=Cc1ccc(-c2ccc(OC)nn2)cc1. The van der Waals surface area contributed by atoms with Crippen LogP contribution in [0.5, 0.6) is 5.88 Å². The topological polar surface area (TPSA) is 35.0 Å². The van der Waals surface area contributed by atoms with E-state index in [1.54, 1.807) is 13.2 Å². The maximum atomic E-state index is 4.96. The van der Waals surface area contributed by atoms with Crippen molar-refractivity contribution in [3.63, 3.8) is 0 Å². The van der Waals surface area contributed by atoms with E-state index in [1.807, 2.05) is 36.4 Å². The van der Waals surface area contributed by atoms with Crippen molar-refractivity contribution in [2.75, 3.05) is 7.11 Å². The van der Waals surface area contributed by atoms with Crippen LogP contribution in [-0.2, 0) is 0 Å². The van der Waals surface area contributed by atoms with Crippen LogP contribution in [0.15, 0.2) is 48.7 Å². The fraction of sp³-hybridized carbons (Fsp3) is 0.0714. The second-order valence-electron chi connectivity index (χ2n) is 3.43. The lowest BCUT2D eigenvalue weighted by Gasteiger charge is -2.01. The van der Waals surface area contributed by atoms with E-state index >= 15 is 0 Å². The molecule has 0 N–H and O–H groups in total. The zero-order valence-corrected chi connectivity index (χ0v) is 9.55. The van der Waals surface area contributed by atoms with E-state index < -0.39 is 0 Å². The van der Waals surface area contributed by atoms with Gasteiger partial charge < -0.3 is 4.74 Å². The molecule has 1 aromatic carbocycles. The van der Waals surface area contributed by atoms with E-state index in [2.05, 4.69) is 22.5 Å². The highest BCUT2D eigenvalue weighted by Crippen LogP contribution is 2.18. The Labute approximate surface area is 100 Å². The third kappa shape index (κ3) is 2.60. The molecule has 3 nitrogen and oxygen atoms in total. The van der Waals surface area contributed by atoms with Crippen molar-refractivity contribution in [2.45, 2.75) is 0 Å². The second kappa shape index (κ2) is 5.10. The fourth-order valence-corrected chi connectivity index (χ4v) is 1.45. The average Bonchev–Trinajstić information content (AvgIpc) is 2.40. The Morgan fingerprint density at radius 2 is 1.88 bits per heavy atom. The third-order valence-electron chi connectivity index (χ3n) is 2.32. The summed E-state index contributed by atoms with van der Waals surface area (Å²) in [6, 6.07) is 11.6. The first-order valence-electron chi connectivity index (χ1n) is 5.17. The monoisotopic (exact) mass is 224 g/mol. The average molecular weight is 224 g/mol. The maximum absolute atomic E-state index is 4.96. The smallest absolute Gasteiger partial charge is 0.233 e. The lowest BCUT2D eigenvalue weighted by Crippen LogP contribution is -1.91. The molecule has 0 amide bonds. The minimum Gasteiger partial charge on any atom is -0.480 e. The van der Waals surface area contributed by atoms with Crippen molar-refractivity contribution in [1.29, 1.82) is 0 Å². The van der Waals surface area contributed by atoms with E-state index in [1.165, 1.54) is 0 Å². The Morgan fingerprint density at radius 1 is 1.12 bits per heavy atom. The van der Waals surface area contributed by atoms with Crippen LogP contribution in [0.1, 0.15) is 5.56 Å². The lowest BCUT2D eigenvalue weighted by atomic mass is 10.1. The molecule has 2 aromatic rings. The molecule has 0 saturated carbocycles. The van der Waals surface area contributed by atoms with E-state index in [4.69, 9.17) is 4.74 Å². The van der Waals surface area contributed by atoms with Crippen LogP contribution in [-0.4, -0.2) is 17.3 Å². The molecule has 0 aliphatic rings. The van der Waals surface area contributed by atoms with Crippen LogP contribution in [0.4, 0.5) is 0 Å². The van der Waals surface area contributed by atoms with E-state index in [0.29, 0.717) is 5.88 Å². The van der Waals surface area contributed by atoms with Crippen molar-refractivity contribution >= 4 is 6.08 Å². The van der Waals surface area contributed by atoms with Crippen LogP contribution in [0.25, 0.3) is 17.3 Å². The number of aromatic nitrogens is 2. The van der Waals surface area contributed by atoms with E-state index in [-0.39, 0.29) is 0 Å². The predicted octanol–water partition coefficient (Wildman–Crippen LogP) is 2.95. The first-order chi connectivity index (χ1) is 8.33. The summed E-state index contributed by atoms with van der Waals surface area (Å²) in [5, 5.41) is 8.01. The molecule has 0 aliphatic heterocycles. The van der Waals surface area contributed by atoms with Crippen LogP contribution < -0.4 is 4.74 Å². The van der Waals surface area contributed by atoms with Gasteiger partial charge in [0.1, 0.15) is 0 Å². The summed E-state index contributed by atoms with van der Waals surface area (Å²) in [5.41, 5.74) is 5.63. The standard InChI is InChI=1S/C14H12N2O/c1-3-4-11-5-7-12(8-6-11)13-9-10-14(17-2)16-15-13/h4-10H,1H2,2H3. The molecule has 0 bridgehead atoms. The molecule has 0 saturated heterocycles. The first kappa shape index (κ1) is 11.1. The fourth-order valence-electron chi connectivity index (χ4n) is 1.45. The molecular formula is C14H12N2O. The summed E-state index contributed by atoms with van der Waals surface area (Å²) >= 11 is 0. The molecule has 17 heavy (non-hydrogen) atoms. The van der Waals surface area contributed by atoms with Gasteiger partial charge in [-0.15, -0.1) is 15.9 Å². The third-order valence-corrected chi connectivity index (χ3v) is 2.32. The highest BCUT2D eigenvalue weighted by Gasteiger charge is 2.00. The summed E-state index contributed by atoms with van der Waals surface area (Å²) in [6.45, 7) is 3.54. The number of nitrogens with zero attached hydrogens (tertiary/aromatic N) is 2. The summed E-state index contributed by atoms with van der Waals surface area (Å²) in [4.78, 5) is 0. The molecule has 0 fully saturated rings. The predicted molar refractivity (Wildman–Crippen MR) is 67.6 cm³/mol. The minimum atomic E-state index is 0.514. The van der Waals surface area contributed by atoms with E-state index in [9.17, 15) is 0 Å². The van der Waals surface area contributed by atoms with Gasteiger partial charge in [-0.2, -0.15) is 0 Å². The Hall–Kier alpha value is -2.38. The molecule has 0 unspecified atom stereocenters. The number of rotatable bonds is 3. The summed E-state index contributed by atoms with van der Waals surface area (Å²) < 4.78 is 4.96. The Balaban J connectivity index is 2.29. The maximum Gasteiger partial charge on any atom is 0.233 e. The molecule has 1 aromatic heterocycles. The van der Waals surface area contributed by atoms with Crippen molar-refractivity contribution in [1.82, 2.24) is 10.2 Å². The van der Waals surface area contributed by atoms with Crippen molar-refractivity contribution in [3.8, 4) is 17.1 Å². The number of hydrogen-bond donors (Lipinski definition) is 0. The summed E-state index contributed by atoms with van der Waals surface area (Å²) in [5.74, 6) is 0.514. The van der Waals surface area contributed by atoms with Crippen LogP contribution in [0, 0.1) is 0 Å². The normalized spacial score (nSPS) is 9.47. The van der Waals surface area contributed by atoms with Gasteiger partial charge in [-0.1, -0.05) is 30.8 Å². The zero-order valence-electron chi connectivity index (χ0n) is 9.55. The molecule has 0 aliphatic carbocycles. The molecule has 2 rings (SSSR count). The summed E-state index contributed by atoms with van der Waals surface area (Å²) in [6.07, 6.45) is 1.82. The van der Waals surface area contributed by atoms with Gasteiger partial charge in [0.05, 0.1) is 12.8 Å². The quantitative estimate of drug-likeness (QED) is 0.752. The molecular weight excluding hydrogens is 212 g/mol. The van der Waals surface area contributed by atoms with Crippen molar-refractivity contribution in [2.24, 2.45) is 0 Å². The van der Waals surface area contributed by atoms with Gasteiger partial charge in [0.25, 0.3) is 0 Å². The lowest BCUT2D eigenvalue weighted by molar-refractivity contribution is 0.392. The van der Waals surface area contributed by atoms with Crippen LogP contribution >= 0.6 is 0 Å². The minimum absolute atomic E-state index is 0.514. The number of methoxy groups -OCH3 is 1. The highest BCUT2D eigenvalue weighted by molar-refractivity contribution is 5.61. The Morgan fingerprint density at radius 3 is 2.41 bits per heavy atom. The van der Waals surface area contributed by atoms with Gasteiger partial charge >= 0.3 is 0 Å². The van der Waals surface area contributed by atoms with Gasteiger partial charge in [-0.25, -0.2) is 0 Å². The van der Waals surface area contributed by atoms with Crippen LogP contribution in [0.2, 0.25) is 0 Å². The highest BCUT2D eigenvalue weighted by atomic mass is 16.5. The molecule has 0 atom stereocenters. The van der Waals surface area contributed by atoms with Crippen molar-refractivity contribution in [3.05, 3.63) is 54.3 Å². The number of hydrogen-bond acceptors (Lipinski definition) is 3. The number of ether oxygens (including phenoxy) is 1. The van der Waals surface area contributed by atoms with E-state index in [0.717, 1.165) is 16.8 Å². The van der Waals surface area contributed by atoms with Gasteiger partial charge in [0, 0.05) is 11.6 Å². The van der Waals surface area contributed by atoms with Crippen molar-refractivity contribution < 1.29 is 4.74 Å². The Bertz CT molecular complexity index is 537. The van der Waals surface area contributed by atoms with Gasteiger partial charge in [-0.3, -0.25) is 0 Å². The first-order valence-corrected chi connectivity index (χ1v) is 5.17. The van der Waals surface area contributed by atoms with Gasteiger partial charge in [0.2, 0.25) is 5.88 Å². The van der Waals surface area contributed by atoms with Gasteiger partial charge in [-0.05, 0) is 17.7 Å². The zero-order chi connectivity index (χ0) is 12.1. The Kier molecular flexibility index (Phi) is 3.34. The molecule has 0 spiro atoms. The van der Waals surface area contributed by atoms with Gasteiger partial charge in [0.15, 0.2) is 0 Å². The largest absolute Gasteiger partial charge is 0.480 e. The number of benzene rings is 1. The molecule has 3 heteroatoms. The van der Waals surface area contributed by atoms with Crippen LogP contribution in [0.3, 0.4) is 0 Å². The molecule has 84 valence electrons. The molecule has 0 radical (unpaired) electrons. The molecule has 1 heterocycles. The second-order valence-corrected chi connectivity index (χ2v) is 3.43. The summed E-state index contributed by atoms with van der Waals surface area (Å²) in [7, 11) is 1.57.